The number of rotatable bonds is 8. The number of benzene rings is 2. The number of carbonyl (C=O) groups is 1. The van der Waals surface area contributed by atoms with Gasteiger partial charge in [0, 0.05) is 24.5 Å². The molecule has 1 amide bonds. The molecule has 2 fully saturated rings. The molecule has 2 aliphatic carbocycles. The van der Waals surface area contributed by atoms with E-state index >= 15 is 0 Å². The number of nitrogens with zero attached hydrogens (tertiary/aromatic N) is 1. The van der Waals surface area contributed by atoms with Crippen molar-refractivity contribution in [1.82, 2.24) is 10.2 Å². The summed E-state index contributed by atoms with van der Waals surface area (Å²) in [6.07, 6.45) is 5.23. The standard InChI is InChI=1S/C27H33FN2O4S/c1-18-25-14-20-4-7-22(31)15-24(20)27(18,11-13-30(25)16-19-2-3-19)10-12-29-26(32)17-35(33,34)23-8-5-21(28)6-9-23/h4-9,15,18-19,25,31H,2-3,10-14,16-17H2,1H3,(H,29,32)/t18-,25+,27-/m0/s1. The van der Waals surface area contributed by atoms with Crippen LogP contribution in [0.5, 0.6) is 5.75 Å². The quantitative estimate of drug-likeness (QED) is 0.543. The second kappa shape index (κ2) is 9.21. The van der Waals surface area contributed by atoms with Crippen LogP contribution in [-0.2, 0) is 26.5 Å². The molecule has 2 aromatic carbocycles. The van der Waals surface area contributed by atoms with Crippen LogP contribution in [0.2, 0.25) is 0 Å². The number of sulfone groups is 1. The zero-order chi connectivity index (χ0) is 24.8. The number of likely N-dealkylation sites (tertiary alicyclic amines) is 1. The number of amides is 1. The van der Waals surface area contributed by atoms with Crippen molar-refractivity contribution in [2.75, 3.05) is 25.4 Å². The predicted octanol–water partition coefficient (Wildman–Crippen LogP) is 3.43. The highest BCUT2D eigenvalue weighted by atomic mass is 32.2. The topological polar surface area (TPSA) is 86.7 Å². The molecule has 3 atom stereocenters. The number of phenolic OH excluding ortho intramolecular Hbond substituents is 1. The van der Waals surface area contributed by atoms with Crippen LogP contribution < -0.4 is 5.32 Å². The van der Waals surface area contributed by atoms with Crippen LogP contribution in [0.25, 0.3) is 0 Å². The Bertz CT molecular complexity index is 1210. The summed E-state index contributed by atoms with van der Waals surface area (Å²) in [5, 5.41) is 13.1. The molecular weight excluding hydrogens is 467 g/mol. The van der Waals surface area contributed by atoms with E-state index in [-0.39, 0.29) is 16.1 Å². The molecule has 5 rings (SSSR count). The summed E-state index contributed by atoms with van der Waals surface area (Å²) in [5.41, 5.74) is 2.25. The van der Waals surface area contributed by atoms with E-state index in [0.717, 1.165) is 44.0 Å². The molecular formula is C27H33FN2O4S. The molecule has 1 saturated carbocycles. The lowest BCUT2D eigenvalue weighted by atomic mass is 9.56. The van der Waals surface area contributed by atoms with Crippen LogP contribution in [0, 0.1) is 17.7 Å². The van der Waals surface area contributed by atoms with Crippen molar-refractivity contribution in [2.24, 2.45) is 11.8 Å². The lowest BCUT2D eigenvalue weighted by molar-refractivity contribution is -0.118. The molecule has 1 heterocycles. The summed E-state index contributed by atoms with van der Waals surface area (Å²) in [5.74, 6) is -0.336. The maximum absolute atomic E-state index is 13.1. The number of phenols is 1. The maximum atomic E-state index is 13.1. The number of halogens is 1. The van der Waals surface area contributed by atoms with Crippen LogP contribution in [0.1, 0.15) is 43.7 Å². The fourth-order valence-corrected chi connectivity index (χ4v) is 7.42. The molecule has 3 aliphatic rings. The number of aromatic hydroxyl groups is 1. The third kappa shape index (κ3) is 4.83. The molecule has 35 heavy (non-hydrogen) atoms. The summed E-state index contributed by atoms with van der Waals surface area (Å²) >= 11 is 0. The van der Waals surface area contributed by atoms with Gasteiger partial charge in [-0.15, -0.1) is 0 Å². The number of hydrogen-bond acceptors (Lipinski definition) is 5. The largest absolute Gasteiger partial charge is 0.508 e. The van der Waals surface area contributed by atoms with Gasteiger partial charge in [0.15, 0.2) is 9.84 Å². The third-order valence-corrected chi connectivity index (χ3v) is 10.0. The Morgan fingerprint density at radius 3 is 2.66 bits per heavy atom. The van der Waals surface area contributed by atoms with Gasteiger partial charge in [-0.05, 0) is 98.0 Å². The molecule has 2 N–H and O–H groups in total. The van der Waals surface area contributed by atoms with Crippen molar-refractivity contribution in [2.45, 2.75) is 55.4 Å². The zero-order valence-electron chi connectivity index (χ0n) is 20.0. The molecule has 0 aromatic heterocycles. The van der Waals surface area contributed by atoms with Crippen LogP contribution in [0.4, 0.5) is 4.39 Å². The molecule has 0 spiro atoms. The third-order valence-electron chi connectivity index (χ3n) is 8.40. The lowest BCUT2D eigenvalue weighted by Gasteiger charge is -2.56. The number of nitrogens with one attached hydrogen (secondary N) is 1. The summed E-state index contributed by atoms with van der Waals surface area (Å²) in [6.45, 7) is 4.79. The van der Waals surface area contributed by atoms with Crippen LogP contribution in [0.3, 0.4) is 0 Å². The second-order valence-corrected chi connectivity index (χ2v) is 12.5. The molecule has 1 aliphatic heterocycles. The Morgan fingerprint density at radius 1 is 1.20 bits per heavy atom. The van der Waals surface area contributed by atoms with Crippen molar-refractivity contribution in [1.29, 1.82) is 0 Å². The van der Waals surface area contributed by atoms with Crippen molar-refractivity contribution in [3.63, 3.8) is 0 Å². The van der Waals surface area contributed by atoms with Crippen LogP contribution >= 0.6 is 0 Å². The lowest BCUT2D eigenvalue weighted by Crippen LogP contribution is -2.60. The first-order valence-corrected chi connectivity index (χ1v) is 14.1. The average Bonchev–Trinajstić information content (AvgIpc) is 3.62. The number of fused-ring (bicyclic) bond motifs is 4. The monoisotopic (exact) mass is 500 g/mol. The van der Waals surface area contributed by atoms with Crippen LogP contribution in [-0.4, -0.2) is 55.8 Å². The van der Waals surface area contributed by atoms with Crippen molar-refractivity contribution >= 4 is 15.7 Å². The molecule has 1 saturated heterocycles. The molecule has 8 heteroatoms. The van der Waals surface area contributed by atoms with E-state index in [1.807, 2.05) is 12.1 Å². The van der Waals surface area contributed by atoms with E-state index in [4.69, 9.17) is 0 Å². The Kier molecular flexibility index (Phi) is 6.38. The highest BCUT2D eigenvalue weighted by Gasteiger charge is 2.51. The van der Waals surface area contributed by atoms with Gasteiger partial charge in [0.05, 0.1) is 4.90 Å². The first kappa shape index (κ1) is 24.3. The van der Waals surface area contributed by atoms with Gasteiger partial charge in [-0.1, -0.05) is 13.0 Å². The predicted molar refractivity (Wildman–Crippen MR) is 131 cm³/mol. The highest BCUT2D eigenvalue weighted by Crippen LogP contribution is 2.52. The van der Waals surface area contributed by atoms with E-state index in [1.54, 1.807) is 6.07 Å². The Morgan fingerprint density at radius 2 is 1.94 bits per heavy atom. The van der Waals surface area contributed by atoms with Crippen molar-refractivity contribution in [3.8, 4) is 5.75 Å². The van der Waals surface area contributed by atoms with Gasteiger partial charge in [-0.2, -0.15) is 0 Å². The molecule has 188 valence electrons. The SMILES string of the molecule is C[C@H]1[C@H]2Cc3ccc(O)cc3[C@@]1(CCNC(=O)CS(=O)(=O)c1ccc(F)cc1)CCN2CC1CC1. The van der Waals surface area contributed by atoms with Crippen molar-refractivity contribution < 1.29 is 22.7 Å². The van der Waals surface area contributed by atoms with E-state index in [1.165, 1.54) is 36.1 Å². The first-order chi connectivity index (χ1) is 16.7. The smallest absolute Gasteiger partial charge is 0.235 e. The molecule has 0 unspecified atom stereocenters. The minimum atomic E-state index is -3.85. The molecule has 2 bridgehead atoms. The van der Waals surface area contributed by atoms with Gasteiger partial charge < -0.3 is 10.4 Å². The van der Waals surface area contributed by atoms with E-state index in [0.29, 0.717) is 24.9 Å². The Hall–Kier alpha value is -2.45. The summed E-state index contributed by atoms with van der Waals surface area (Å²) in [6, 6.07) is 10.6. The van der Waals surface area contributed by atoms with Crippen LogP contribution in [0.15, 0.2) is 47.4 Å². The summed E-state index contributed by atoms with van der Waals surface area (Å²) in [7, 11) is -3.85. The van der Waals surface area contributed by atoms with Gasteiger partial charge in [0.2, 0.25) is 5.91 Å². The van der Waals surface area contributed by atoms with Gasteiger partial charge in [-0.25, -0.2) is 12.8 Å². The van der Waals surface area contributed by atoms with E-state index < -0.39 is 27.3 Å². The van der Waals surface area contributed by atoms with E-state index in [2.05, 4.69) is 17.1 Å². The summed E-state index contributed by atoms with van der Waals surface area (Å²) in [4.78, 5) is 15.1. The second-order valence-electron chi connectivity index (χ2n) is 10.6. The fraction of sp³-hybridized carbons (Fsp3) is 0.519. The first-order valence-electron chi connectivity index (χ1n) is 12.5. The number of piperidine rings is 1. The average molecular weight is 501 g/mol. The number of hydrogen-bond donors (Lipinski definition) is 2. The van der Waals surface area contributed by atoms with Gasteiger partial charge >= 0.3 is 0 Å². The minimum absolute atomic E-state index is 0.0659. The van der Waals surface area contributed by atoms with Gasteiger partial charge in [-0.3, -0.25) is 9.69 Å². The minimum Gasteiger partial charge on any atom is -0.508 e. The maximum Gasteiger partial charge on any atom is 0.235 e. The Labute approximate surface area is 206 Å². The zero-order valence-corrected chi connectivity index (χ0v) is 20.9. The number of carbonyl (C=O) groups excluding carboxylic acids is 1. The Balaban J connectivity index is 1.30. The molecule has 2 aromatic rings. The highest BCUT2D eigenvalue weighted by molar-refractivity contribution is 7.92. The van der Waals surface area contributed by atoms with Crippen molar-refractivity contribution in [3.05, 3.63) is 59.4 Å². The normalized spacial score (nSPS) is 26.2. The van der Waals surface area contributed by atoms with Gasteiger partial charge in [0.25, 0.3) is 0 Å². The van der Waals surface area contributed by atoms with E-state index in [9.17, 15) is 22.7 Å². The summed E-state index contributed by atoms with van der Waals surface area (Å²) < 4.78 is 38.3. The molecule has 0 radical (unpaired) electrons. The fourth-order valence-electron chi connectivity index (χ4n) is 6.26. The molecule has 6 nitrogen and oxygen atoms in total. The van der Waals surface area contributed by atoms with Gasteiger partial charge in [0.1, 0.15) is 17.3 Å².